The molecule has 0 fully saturated rings. The number of benzene rings is 2. The normalized spacial score (nSPS) is 11.7. The number of alkyl halides is 3. The second-order valence-electron chi connectivity index (χ2n) is 4.77. The number of hydrogen-bond donors (Lipinski definition) is 1. The zero-order valence-corrected chi connectivity index (χ0v) is 12.0. The van der Waals surface area contributed by atoms with Crippen molar-refractivity contribution >= 4 is 17.6 Å². The number of anilines is 1. The molecule has 2 rings (SSSR count). The van der Waals surface area contributed by atoms with Crippen LogP contribution in [-0.4, -0.2) is 11.1 Å². The second-order valence-corrected chi connectivity index (χ2v) is 4.77. The van der Waals surface area contributed by atoms with Crippen LogP contribution >= 0.6 is 0 Å². The molecule has 2 aromatic carbocycles. The summed E-state index contributed by atoms with van der Waals surface area (Å²) >= 11 is 0. The molecule has 0 bridgehead atoms. The average Bonchev–Trinajstić information content (AvgIpc) is 2.46. The maximum atomic E-state index is 12.6. The van der Waals surface area contributed by atoms with Gasteiger partial charge in [-0.05, 0) is 24.6 Å². The first kappa shape index (κ1) is 16.5. The van der Waals surface area contributed by atoms with E-state index >= 15 is 0 Å². The maximum Gasteiger partial charge on any atom is 0.416 e. The van der Waals surface area contributed by atoms with E-state index in [1.54, 1.807) is 6.07 Å². The third kappa shape index (κ3) is 4.29. The molecule has 120 valence electrons. The van der Waals surface area contributed by atoms with Gasteiger partial charge in [0.05, 0.1) is 16.7 Å². The van der Waals surface area contributed by atoms with Gasteiger partial charge in [-0.2, -0.15) is 18.3 Å². The van der Waals surface area contributed by atoms with Gasteiger partial charge in [0.15, 0.2) is 0 Å². The van der Waals surface area contributed by atoms with E-state index in [-0.39, 0.29) is 5.69 Å². The van der Waals surface area contributed by atoms with Crippen molar-refractivity contribution < 1.29 is 18.1 Å². The van der Waals surface area contributed by atoms with Crippen molar-refractivity contribution in [2.75, 3.05) is 5.43 Å². The summed E-state index contributed by atoms with van der Waals surface area (Å²) in [5, 5.41) is 14.8. The smallest absolute Gasteiger partial charge is 0.272 e. The molecule has 0 saturated heterocycles. The number of nitro groups is 1. The molecule has 0 atom stereocenters. The topological polar surface area (TPSA) is 67.5 Å². The lowest BCUT2D eigenvalue weighted by Crippen LogP contribution is -2.06. The van der Waals surface area contributed by atoms with Crippen LogP contribution in [0.2, 0.25) is 0 Å². The number of nitrogens with one attached hydrogen (secondary N) is 1. The van der Waals surface area contributed by atoms with Gasteiger partial charge in [-0.15, -0.1) is 0 Å². The van der Waals surface area contributed by atoms with E-state index in [4.69, 9.17) is 0 Å². The SMILES string of the molecule is Cc1cccc(/C=N\Nc2ccc(C(F)(F)F)cc2[N+](=O)[O-])c1. The van der Waals surface area contributed by atoms with E-state index in [9.17, 15) is 23.3 Å². The molecule has 0 aliphatic rings. The highest BCUT2D eigenvalue weighted by Crippen LogP contribution is 2.34. The van der Waals surface area contributed by atoms with Crippen molar-refractivity contribution in [1.82, 2.24) is 0 Å². The summed E-state index contributed by atoms with van der Waals surface area (Å²) in [6.45, 7) is 1.89. The predicted octanol–water partition coefficient (Wildman–Crippen LogP) is 4.37. The lowest BCUT2D eigenvalue weighted by atomic mass is 10.1. The number of hydrogen-bond acceptors (Lipinski definition) is 4. The summed E-state index contributed by atoms with van der Waals surface area (Å²) in [6, 6.07) is 9.55. The Balaban J connectivity index is 2.24. The van der Waals surface area contributed by atoms with Gasteiger partial charge < -0.3 is 0 Å². The number of nitrogens with zero attached hydrogens (tertiary/aromatic N) is 2. The molecule has 0 spiro atoms. The van der Waals surface area contributed by atoms with Crippen LogP contribution in [0.5, 0.6) is 0 Å². The second kappa shape index (κ2) is 6.47. The van der Waals surface area contributed by atoms with Crippen LogP contribution in [0.25, 0.3) is 0 Å². The van der Waals surface area contributed by atoms with E-state index in [1.807, 2.05) is 25.1 Å². The van der Waals surface area contributed by atoms with Crippen LogP contribution in [0, 0.1) is 17.0 Å². The first-order valence-corrected chi connectivity index (χ1v) is 6.49. The molecule has 2 aromatic rings. The molecular weight excluding hydrogens is 311 g/mol. The van der Waals surface area contributed by atoms with Crippen LogP contribution in [0.3, 0.4) is 0 Å². The first-order valence-electron chi connectivity index (χ1n) is 6.49. The molecule has 23 heavy (non-hydrogen) atoms. The minimum absolute atomic E-state index is 0.119. The van der Waals surface area contributed by atoms with E-state index in [0.29, 0.717) is 6.07 Å². The Labute approximate surface area is 129 Å². The monoisotopic (exact) mass is 323 g/mol. The molecule has 0 heterocycles. The Bertz CT molecular complexity index is 758. The van der Waals surface area contributed by atoms with Crippen LogP contribution < -0.4 is 5.43 Å². The highest BCUT2D eigenvalue weighted by Gasteiger charge is 2.33. The fourth-order valence-electron chi connectivity index (χ4n) is 1.88. The molecule has 8 heteroatoms. The third-order valence-corrected chi connectivity index (χ3v) is 2.96. The summed E-state index contributed by atoms with van der Waals surface area (Å²) in [4.78, 5) is 10.0. The summed E-state index contributed by atoms with van der Waals surface area (Å²) in [7, 11) is 0. The lowest BCUT2D eigenvalue weighted by molar-refractivity contribution is -0.384. The van der Waals surface area contributed by atoms with Gasteiger partial charge in [-0.1, -0.05) is 29.8 Å². The molecule has 0 aromatic heterocycles. The van der Waals surface area contributed by atoms with Crippen LogP contribution in [0.4, 0.5) is 24.5 Å². The number of hydrazone groups is 1. The van der Waals surface area contributed by atoms with Crippen molar-refractivity contribution in [2.24, 2.45) is 5.10 Å². The van der Waals surface area contributed by atoms with Crippen LogP contribution in [0.15, 0.2) is 47.6 Å². The zero-order chi connectivity index (χ0) is 17.0. The van der Waals surface area contributed by atoms with Crippen LogP contribution in [0.1, 0.15) is 16.7 Å². The molecule has 0 radical (unpaired) electrons. The summed E-state index contributed by atoms with van der Waals surface area (Å²) < 4.78 is 37.8. The van der Waals surface area contributed by atoms with Gasteiger partial charge in [-0.3, -0.25) is 15.5 Å². The summed E-state index contributed by atoms with van der Waals surface area (Å²) in [6.07, 6.45) is -3.22. The molecule has 0 aliphatic heterocycles. The van der Waals surface area contributed by atoms with Crippen molar-refractivity contribution in [1.29, 1.82) is 0 Å². The predicted molar refractivity (Wildman–Crippen MR) is 80.5 cm³/mol. The van der Waals surface area contributed by atoms with Gasteiger partial charge in [0.25, 0.3) is 5.69 Å². The largest absolute Gasteiger partial charge is 0.416 e. The zero-order valence-electron chi connectivity index (χ0n) is 12.0. The van der Waals surface area contributed by atoms with E-state index in [2.05, 4.69) is 10.5 Å². The van der Waals surface area contributed by atoms with Crippen LogP contribution in [-0.2, 0) is 6.18 Å². The van der Waals surface area contributed by atoms with Crippen molar-refractivity contribution in [3.05, 3.63) is 69.3 Å². The molecule has 5 nitrogen and oxygen atoms in total. The maximum absolute atomic E-state index is 12.6. The minimum atomic E-state index is -4.64. The fourth-order valence-corrected chi connectivity index (χ4v) is 1.88. The molecule has 1 N–H and O–H groups in total. The molecule has 0 amide bonds. The Kier molecular flexibility index (Phi) is 4.63. The minimum Gasteiger partial charge on any atom is -0.272 e. The Morgan fingerprint density at radius 1 is 1.22 bits per heavy atom. The number of rotatable bonds is 4. The van der Waals surface area contributed by atoms with E-state index in [0.717, 1.165) is 23.3 Å². The van der Waals surface area contributed by atoms with E-state index in [1.165, 1.54) is 6.21 Å². The van der Waals surface area contributed by atoms with Gasteiger partial charge >= 0.3 is 6.18 Å². The summed E-state index contributed by atoms with van der Waals surface area (Å²) in [5.74, 6) is 0. The lowest BCUT2D eigenvalue weighted by Gasteiger charge is -2.08. The Morgan fingerprint density at radius 3 is 2.57 bits per heavy atom. The van der Waals surface area contributed by atoms with Gasteiger partial charge in [-0.25, -0.2) is 0 Å². The third-order valence-electron chi connectivity index (χ3n) is 2.96. The van der Waals surface area contributed by atoms with Crippen molar-refractivity contribution in [3.8, 4) is 0 Å². The standard InChI is InChI=1S/C15H12F3N3O2/c1-10-3-2-4-11(7-10)9-19-20-13-6-5-12(15(16,17)18)8-14(13)21(22)23/h2-9,20H,1H3/b19-9-. The van der Waals surface area contributed by atoms with Gasteiger partial charge in [0, 0.05) is 6.07 Å². The Hall–Kier alpha value is -2.90. The first-order chi connectivity index (χ1) is 10.8. The van der Waals surface area contributed by atoms with Crippen molar-refractivity contribution in [3.63, 3.8) is 0 Å². The van der Waals surface area contributed by atoms with Gasteiger partial charge in [0.2, 0.25) is 0 Å². The highest BCUT2D eigenvalue weighted by molar-refractivity contribution is 5.80. The number of aryl methyl sites for hydroxylation is 1. The quantitative estimate of drug-likeness (QED) is 0.516. The fraction of sp³-hybridized carbons (Fsp3) is 0.133. The molecule has 0 unspecified atom stereocenters. The Morgan fingerprint density at radius 2 is 1.96 bits per heavy atom. The molecule has 0 aliphatic carbocycles. The highest BCUT2D eigenvalue weighted by atomic mass is 19.4. The average molecular weight is 323 g/mol. The van der Waals surface area contributed by atoms with E-state index < -0.39 is 22.4 Å². The number of nitro benzene ring substituents is 1. The molecular formula is C15H12F3N3O2. The molecule has 0 saturated carbocycles. The van der Waals surface area contributed by atoms with Gasteiger partial charge in [0.1, 0.15) is 5.69 Å². The van der Waals surface area contributed by atoms with Crippen molar-refractivity contribution in [2.45, 2.75) is 13.1 Å². The summed E-state index contributed by atoms with van der Waals surface area (Å²) in [5.41, 5.74) is 2.27. The number of halogens is 3.